The summed E-state index contributed by atoms with van der Waals surface area (Å²) in [4.78, 5) is 0. The number of benzene rings is 1. The standard InChI is InChI=1S/C30H41F3O/c1-3-20-7-12-23(13-8-20)25-16-17-26(30(33)29(25)32)24-14-9-21(10-15-24)5-6-22-11-18-28(34-4-2)27(31)19-22/h3,16-17,19-24,28H,1,4-15,18H2,2H3. The summed E-state index contributed by atoms with van der Waals surface area (Å²) >= 11 is 0. The van der Waals surface area contributed by atoms with E-state index in [9.17, 15) is 4.39 Å². The van der Waals surface area contributed by atoms with Gasteiger partial charge in [0.2, 0.25) is 0 Å². The van der Waals surface area contributed by atoms with Crippen molar-refractivity contribution in [2.24, 2.45) is 17.8 Å². The van der Waals surface area contributed by atoms with Crippen LogP contribution in [0.15, 0.2) is 36.7 Å². The van der Waals surface area contributed by atoms with E-state index in [2.05, 4.69) is 6.58 Å². The van der Waals surface area contributed by atoms with Crippen LogP contribution in [0.25, 0.3) is 0 Å². The Hall–Kier alpha value is -1.55. The van der Waals surface area contributed by atoms with Gasteiger partial charge in [-0.25, -0.2) is 13.2 Å². The highest BCUT2D eigenvalue weighted by molar-refractivity contribution is 5.32. The first kappa shape index (κ1) is 25.5. The highest BCUT2D eigenvalue weighted by atomic mass is 19.2. The molecule has 4 heteroatoms. The summed E-state index contributed by atoms with van der Waals surface area (Å²) in [7, 11) is 0. The third-order valence-electron chi connectivity index (χ3n) is 8.79. The minimum Gasteiger partial charge on any atom is -0.371 e. The average molecular weight is 475 g/mol. The quantitative estimate of drug-likeness (QED) is 0.341. The molecule has 0 radical (unpaired) electrons. The number of allylic oxidation sites excluding steroid dienone is 2. The van der Waals surface area contributed by atoms with Crippen LogP contribution in [0.3, 0.4) is 0 Å². The molecule has 1 nitrogen and oxygen atoms in total. The zero-order valence-corrected chi connectivity index (χ0v) is 20.7. The van der Waals surface area contributed by atoms with Crippen molar-refractivity contribution >= 4 is 0 Å². The molecule has 1 aromatic rings. The van der Waals surface area contributed by atoms with E-state index < -0.39 is 11.6 Å². The van der Waals surface area contributed by atoms with E-state index in [1.165, 1.54) is 0 Å². The van der Waals surface area contributed by atoms with Crippen LogP contribution in [0.5, 0.6) is 0 Å². The van der Waals surface area contributed by atoms with Crippen LogP contribution in [0.2, 0.25) is 0 Å². The highest BCUT2D eigenvalue weighted by Crippen LogP contribution is 2.42. The topological polar surface area (TPSA) is 9.23 Å². The zero-order valence-electron chi connectivity index (χ0n) is 20.7. The molecular weight excluding hydrogens is 433 g/mol. The lowest BCUT2D eigenvalue weighted by Crippen LogP contribution is -2.21. The van der Waals surface area contributed by atoms with Gasteiger partial charge in [-0.1, -0.05) is 18.2 Å². The smallest absolute Gasteiger partial charge is 0.162 e. The highest BCUT2D eigenvalue weighted by Gasteiger charge is 2.30. The van der Waals surface area contributed by atoms with Crippen molar-refractivity contribution in [1.29, 1.82) is 0 Å². The first-order chi connectivity index (χ1) is 16.5. The summed E-state index contributed by atoms with van der Waals surface area (Å²) < 4.78 is 49.8. The Morgan fingerprint density at radius 2 is 1.41 bits per heavy atom. The minimum absolute atomic E-state index is 0.100. The first-order valence-electron chi connectivity index (χ1n) is 13.6. The third kappa shape index (κ3) is 5.98. The molecule has 0 aromatic heterocycles. The van der Waals surface area contributed by atoms with E-state index in [1.54, 1.807) is 6.08 Å². The molecular formula is C30H41F3O. The normalized spacial score (nSPS) is 32.3. The van der Waals surface area contributed by atoms with E-state index in [0.29, 0.717) is 35.5 Å². The predicted octanol–water partition coefficient (Wildman–Crippen LogP) is 9.15. The second-order valence-electron chi connectivity index (χ2n) is 10.8. The van der Waals surface area contributed by atoms with Crippen molar-refractivity contribution < 1.29 is 17.9 Å². The van der Waals surface area contributed by atoms with E-state index in [4.69, 9.17) is 4.74 Å². The second kappa shape index (κ2) is 11.9. The summed E-state index contributed by atoms with van der Waals surface area (Å²) in [5.74, 6) is 0.319. The Kier molecular flexibility index (Phi) is 8.96. The van der Waals surface area contributed by atoms with Crippen molar-refractivity contribution in [3.63, 3.8) is 0 Å². The SMILES string of the molecule is C=CC1CCC(c2ccc(C3CCC(CCC4C=C(F)C(OCC)CC4)CC3)c(F)c2F)CC1. The number of hydrogen-bond acceptors (Lipinski definition) is 1. The minimum atomic E-state index is -0.613. The Morgan fingerprint density at radius 1 is 0.824 bits per heavy atom. The fourth-order valence-electron chi connectivity index (χ4n) is 6.60. The number of hydrogen-bond donors (Lipinski definition) is 0. The van der Waals surface area contributed by atoms with E-state index in [-0.39, 0.29) is 23.8 Å². The largest absolute Gasteiger partial charge is 0.371 e. The summed E-state index contributed by atoms with van der Waals surface area (Å²) in [6.45, 7) is 6.32. The molecule has 4 rings (SSSR count). The molecule has 0 N–H and O–H groups in total. The number of ether oxygens (including phenoxy) is 1. The molecule has 3 aliphatic carbocycles. The van der Waals surface area contributed by atoms with Gasteiger partial charge in [-0.15, -0.1) is 6.58 Å². The van der Waals surface area contributed by atoms with Crippen LogP contribution < -0.4 is 0 Å². The molecule has 0 heterocycles. The molecule has 0 aliphatic heterocycles. The average Bonchev–Trinajstić information content (AvgIpc) is 2.86. The molecule has 1 aromatic carbocycles. The lowest BCUT2D eigenvalue weighted by molar-refractivity contribution is 0.0554. The maximum atomic E-state index is 15.1. The van der Waals surface area contributed by atoms with Gasteiger partial charge in [0.1, 0.15) is 11.9 Å². The third-order valence-corrected chi connectivity index (χ3v) is 8.79. The molecule has 0 spiro atoms. The molecule has 2 atom stereocenters. The van der Waals surface area contributed by atoms with Gasteiger partial charge < -0.3 is 4.74 Å². The zero-order chi connectivity index (χ0) is 24.1. The van der Waals surface area contributed by atoms with Crippen LogP contribution in [0.4, 0.5) is 13.2 Å². The molecule has 3 aliphatic rings. The van der Waals surface area contributed by atoms with Crippen LogP contribution in [0, 0.1) is 29.4 Å². The fraction of sp³-hybridized carbons (Fsp3) is 0.667. The van der Waals surface area contributed by atoms with Gasteiger partial charge >= 0.3 is 0 Å². The van der Waals surface area contributed by atoms with Gasteiger partial charge in [-0.05, 0) is 131 Å². The van der Waals surface area contributed by atoms with E-state index in [0.717, 1.165) is 77.0 Å². The summed E-state index contributed by atoms with van der Waals surface area (Å²) in [5, 5.41) is 0. The lowest BCUT2D eigenvalue weighted by Gasteiger charge is -2.31. The van der Waals surface area contributed by atoms with Crippen molar-refractivity contribution in [2.45, 2.75) is 102 Å². The summed E-state index contributed by atoms with van der Waals surface area (Å²) in [6.07, 6.45) is 15.0. The Balaban J connectivity index is 1.28. The summed E-state index contributed by atoms with van der Waals surface area (Å²) in [5.41, 5.74) is 1.13. The number of rotatable bonds is 8. The molecule has 0 saturated heterocycles. The molecule has 188 valence electrons. The van der Waals surface area contributed by atoms with Gasteiger partial charge in [-0.2, -0.15) is 0 Å². The van der Waals surface area contributed by atoms with Crippen LogP contribution >= 0.6 is 0 Å². The fourth-order valence-corrected chi connectivity index (χ4v) is 6.60. The van der Waals surface area contributed by atoms with Crippen molar-refractivity contribution in [1.82, 2.24) is 0 Å². The summed E-state index contributed by atoms with van der Waals surface area (Å²) in [6, 6.07) is 3.72. The van der Waals surface area contributed by atoms with Gasteiger partial charge in [-0.3, -0.25) is 0 Å². The molecule has 0 amide bonds. The molecule has 2 fully saturated rings. The maximum absolute atomic E-state index is 15.1. The lowest BCUT2D eigenvalue weighted by atomic mass is 9.74. The van der Waals surface area contributed by atoms with Gasteiger partial charge in [0.25, 0.3) is 0 Å². The second-order valence-corrected chi connectivity index (χ2v) is 10.8. The van der Waals surface area contributed by atoms with E-state index >= 15 is 8.78 Å². The van der Waals surface area contributed by atoms with Crippen LogP contribution in [-0.2, 0) is 4.74 Å². The molecule has 0 bridgehead atoms. The Labute approximate surface area is 203 Å². The van der Waals surface area contributed by atoms with Crippen molar-refractivity contribution in [3.05, 3.63) is 59.5 Å². The van der Waals surface area contributed by atoms with Crippen LogP contribution in [0.1, 0.15) is 107 Å². The Morgan fingerprint density at radius 3 is 1.94 bits per heavy atom. The molecule has 34 heavy (non-hydrogen) atoms. The van der Waals surface area contributed by atoms with Gasteiger partial charge in [0.15, 0.2) is 11.6 Å². The van der Waals surface area contributed by atoms with Gasteiger partial charge in [0.05, 0.1) is 0 Å². The molecule has 2 saturated carbocycles. The predicted molar refractivity (Wildman–Crippen MR) is 133 cm³/mol. The molecule has 2 unspecified atom stereocenters. The maximum Gasteiger partial charge on any atom is 0.162 e. The number of halogens is 3. The van der Waals surface area contributed by atoms with Crippen molar-refractivity contribution in [2.75, 3.05) is 6.61 Å². The Bertz CT molecular complexity index is 847. The monoisotopic (exact) mass is 474 g/mol. The van der Waals surface area contributed by atoms with Gasteiger partial charge in [0, 0.05) is 6.61 Å². The first-order valence-corrected chi connectivity index (χ1v) is 13.6. The van der Waals surface area contributed by atoms with Crippen LogP contribution in [-0.4, -0.2) is 12.7 Å². The van der Waals surface area contributed by atoms with E-state index in [1.807, 2.05) is 25.1 Å². The van der Waals surface area contributed by atoms with Crippen molar-refractivity contribution in [3.8, 4) is 0 Å².